The van der Waals surface area contributed by atoms with Crippen LogP contribution in [-0.4, -0.2) is 29.8 Å². The summed E-state index contributed by atoms with van der Waals surface area (Å²) < 4.78 is 0. The van der Waals surface area contributed by atoms with E-state index in [1.54, 1.807) is 0 Å². The molecule has 3 rings (SSSR count). The third-order valence-electron chi connectivity index (χ3n) is 5.32. The van der Waals surface area contributed by atoms with Gasteiger partial charge in [-0.25, -0.2) is 0 Å². The molecule has 1 fully saturated rings. The van der Waals surface area contributed by atoms with Crippen molar-refractivity contribution in [1.29, 1.82) is 0 Å². The molecule has 0 spiro atoms. The van der Waals surface area contributed by atoms with E-state index in [0.717, 1.165) is 37.9 Å². The monoisotopic (exact) mass is 364 g/mol. The van der Waals surface area contributed by atoms with Crippen molar-refractivity contribution < 1.29 is 9.59 Å². The lowest BCUT2D eigenvalue weighted by molar-refractivity contribution is -0.137. The van der Waals surface area contributed by atoms with Crippen molar-refractivity contribution in [1.82, 2.24) is 10.2 Å². The van der Waals surface area contributed by atoms with Gasteiger partial charge in [-0.15, -0.1) is 0 Å². The fraction of sp³-hybridized carbons (Fsp3) is 0.391. The van der Waals surface area contributed by atoms with Crippen LogP contribution >= 0.6 is 0 Å². The number of nitrogens with one attached hydrogen (secondary N) is 1. The summed E-state index contributed by atoms with van der Waals surface area (Å²) in [6, 6.07) is 20.2. The van der Waals surface area contributed by atoms with Gasteiger partial charge in [-0.3, -0.25) is 9.59 Å². The van der Waals surface area contributed by atoms with E-state index in [-0.39, 0.29) is 24.3 Å². The largest absolute Gasteiger partial charge is 0.349 e. The standard InChI is InChI=1S/C23H28N2O2/c1-18(21-10-6-3-7-11-21)24-22(26)17-23(27)25-14-12-20(13-15-25)16-19-8-4-2-5-9-19/h2-11,18,20H,12-17H2,1H3,(H,24,26). The second-order valence-electron chi connectivity index (χ2n) is 7.39. The molecule has 2 amide bonds. The smallest absolute Gasteiger partial charge is 0.232 e. The molecule has 1 aliphatic rings. The number of piperidine rings is 1. The number of carbonyl (C=O) groups is 2. The maximum absolute atomic E-state index is 12.5. The molecule has 0 aromatic heterocycles. The first-order valence-corrected chi connectivity index (χ1v) is 9.78. The summed E-state index contributed by atoms with van der Waals surface area (Å²) in [4.78, 5) is 26.5. The SMILES string of the molecule is CC(NC(=O)CC(=O)N1CCC(Cc2ccccc2)CC1)c1ccccc1. The molecule has 1 N–H and O–H groups in total. The van der Waals surface area contributed by atoms with Crippen LogP contribution in [0, 0.1) is 5.92 Å². The normalized spacial score (nSPS) is 16.0. The highest BCUT2D eigenvalue weighted by molar-refractivity contribution is 5.97. The van der Waals surface area contributed by atoms with Gasteiger partial charge in [0.2, 0.25) is 11.8 Å². The Bertz CT molecular complexity index is 737. The predicted molar refractivity (Wildman–Crippen MR) is 107 cm³/mol. The fourth-order valence-corrected chi connectivity index (χ4v) is 3.70. The zero-order valence-corrected chi connectivity index (χ0v) is 15.9. The molecule has 0 radical (unpaired) electrons. The van der Waals surface area contributed by atoms with Gasteiger partial charge in [-0.2, -0.15) is 0 Å². The van der Waals surface area contributed by atoms with Gasteiger partial charge in [-0.05, 0) is 43.2 Å². The van der Waals surface area contributed by atoms with Crippen molar-refractivity contribution >= 4 is 11.8 Å². The average Bonchev–Trinajstić information content (AvgIpc) is 2.70. The van der Waals surface area contributed by atoms with Gasteiger partial charge < -0.3 is 10.2 Å². The van der Waals surface area contributed by atoms with Crippen LogP contribution in [-0.2, 0) is 16.0 Å². The summed E-state index contributed by atoms with van der Waals surface area (Å²) in [6.07, 6.45) is 3.00. The summed E-state index contributed by atoms with van der Waals surface area (Å²) in [6.45, 7) is 3.43. The molecule has 4 nitrogen and oxygen atoms in total. The number of hydrogen-bond donors (Lipinski definition) is 1. The first-order valence-electron chi connectivity index (χ1n) is 9.78. The van der Waals surface area contributed by atoms with Crippen LogP contribution < -0.4 is 5.32 Å². The highest BCUT2D eigenvalue weighted by Crippen LogP contribution is 2.22. The van der Waals surface area contributed by atoms with E-state index in [1.165, 1.54) is 5.56 Å². The molecule has 142 valence electrons. The highest BCUT2D eigenvalue weighted by atomic mass is 16.2. The van der Waals surface area contributed by atoms with Crippen molar-refractivity contribution in [2.75, 3.05) is 13.1 Å². The van der Waals surface area contributed by atoms with E-state index in [9.17, 15) is 9.59 Å². The average molecular weight is 364 g/mol. The second-order valence-corrected chi connectivity index (χ2v) is 7.39. The molecule has 4 heteroatoms. The highest BCUT2D eigenvalue weighted by Gasteiger charge is 2.24. The zero-order chi connectivity index (χ0) is 19.1. The fourth-order valence-electron chi connectivity index (χ4n) is 3.70. The summed E-state index contributed by atoms with van der Waals surface area (Å²) in [5, 5.41) is 2.92. The molecule has 27 heavy (non-hydrogen) atoms. The molecular formula is C23H28N2O2. The van der Waals surface area contributed by atoms with Gasteiger partial charge in [0.05, 0.1) is 6.04 Å². The Hall–Kier alpha value is -2.62. The third-order valence-corrected chi connectivity index (χ3v) is 5.32. The lowest BCUT2D eigenvalue weighted by Crippen LogP contribution is -2.41. The van der Waals surface area contributed by atoms with Crippen molar-refractivity contribution in [2.24, 2.45) is 5.92 Å². The minimum absolute atomic E-state index is 0.0640. The maximum Gasteiger partial charge on any atom is 0.232 e. The molecule has 1 aliphatic heterocycles. The number of nitrogens with zero attached hydrogens (tertiary/aromatic N) is 1. The van der Waals surface area contributed by atoms with Crippen LogP contribution in [0.5, 0.6) is 0 Å². The first-order chi connectivity index (χ1) is 13.1. The van der Waals surface area contributed by atoms with Crippen LogP contribution in [0.2, 0.25) is 0 Å². The van der Waals surface area contributed by atoms with Gasteiger partial charge >= 0.3 is 0 Å². The number of likely N-dealkylation sites (tertiary alicyclic amines) is 1. The van der Waals surface area contributed by atoms with Gasteiger partial charge in [0.1, 0.15) is 6.42 Å². The number of amides is 2. The van der Waals surface area contributed by atoms with E-state index in [4.69, 9.17) is 0 Å². The van der Waals surface area contributed by atoms with E-state index < -0.39 is 0 Å². The Morgan fingerprint density at radius 3 is 2.22 bits per heavy atom. The van der Waals surface area contributed by atoms with Crippen molar-refractivity contribution in [3.8, 4) is 0 Å². The van der Waals surface area contributed by atoms with E-state index >= 15 is 0 Å². The van der Waals surface area contributed by atoms with Gasteiger partial charge in [0.25, 0.3) is 0 Å². The van der Waals surface area contributed by atoms with E-state index in [2.05, 4.69) is 29.6 Å². The quantitative estimate of drug-likeness (QED) is 0.794. The molecule has 1 unspecified atom stereocenters. The van der Waals surface area contributed by atoms with Crippen LogP contribution in [0.3, 0.4) is 0 Å². The molecule has 0 saturated carbocycles. The Morgan fingerprint density at radius 1 is 1.00 bits per heavy atom. The summed E-state index contributed by atoms with van der Waals surface area (Å²) in [7, 11) is 0. The molecular weight excluding hydrogens is 336 g/mol. The number of hydrogen-bond acceptors (Lipinski definition) is 2. The Kier molecular flexibility index (Phi) is 6.64. The molecule has 0 bridgehead atoms. The minimum Gasteiger partial charge on any atom is -0.349 e. The summed E-state index contributed by atoms with van der Waals surface area (Å²) in [5.41, 5.74) is 2.40. The van der Waals surface area contributed by atoms with Crippen LogP contribution in [0.4, 0.5) is 0 Å². The van der Waals surface area contributed by atoms with Crippen LogP contribution in [0.15, 0.2) is 60.7 Å². The second kappa shape index (κ2) is 9.36. The van der Waals surface area contributed by atoms with Crippen molar-refractivity contribution in [3.05, 3.63) is 71.8 Å². The lowest BCUT2D eigenvalue weighted by atomic mass is 9.90. The predicted octanol–water partition coefficient (Wildman–Crippen LogP) is 3.74. The van der Waals surface area contributed by atoms with Gasteiger partial charge in [0, 0.05) is 13.1 Å². The molecule has 0 aliphatic carbocycles. The van der Waals surface area contributed by atoms with Crippen molar-refractivity contribution in [2.45, 2.75) is 38.6 Å². The van der Waals surface area contributed by atoms with Crippen LogP contribution in [0.1, 0.15) is 43.4 Å². The molecule has 2 aromatic rings. The number of rotatable bonds is 6. The number of benzene rings is 2. The number of carbonyl (C=O) groups excluding carboxylic acids is 2. The molecule has 2 aromatic carbocycles. The van der Waals surface area contributed by atoms with Crippen LogP contribution in [0.25, 0.3) is 0 Å². The molecule has 1 atom stereocenters. The topological polar surface area (TPSA) is 49.4 Å². The molecule has 1 heterocycles. The summed E-state index contributed by atoms with van der Waals surface area (Å²) >= 11 is 0. The minimum atomic E-state index is -0.206. The molecule has 1 saturated heterocycles. The van der Waals surface area contributed by atoms with E-state index in [1.807, 2.05) is 48.2 Å². The Morgan fingerprint density at radius 2 is 1.59 bits per heavy atom. The first kappa shape index (κ1) is 19.2. The maximum atomic E-state index is 12.5. The third kappa shape index (κ3) is 5.68. The van der Waals surface area contributed by atoms with E-state index in [0.29, 0.717) is 5.92 Å². The van der Waals surface area contributed by atoms with Gasteiger partial charge in [-0.1, -0.05) is 60.7 Å². The summed E-state index contributed by atoms with van der Waals surface area (Å²) in [5.74, 6) is 0.345. The Balaban J connectivity index is 1.42. The van der Waals surface area contributed by atoms with Crippen molar-refractivity contribution in [3.63, 3.8) is 0 Å². The van der Waals surface area contributed by atoms with Gasteiger partial charge in [0.15, 0.2) is 0 Å². The Labute approximate surface area is 161 Å². The lowest BCUT2D eigenvalue weighted by Gasteiger charge is -2.32. The zero-order valence-electron chi connectivity index (χ0n) is 15.9.